The highest BCUT2D eigenvalue weighted by atomic mass is 16.5. The lowest BCUT2D eigenvalue weighted by Gasteiger charge is -2.09. The molecule has 0 fully saturated rings. The molecule has 2 N–H and O–H groups in total. The lowest BCUT2D eigenvalue weighted by atomic mass is 10.1. The number of rotatable bonds is 3. The van der Waals surface area contributed by atoms with Crippen LogP contribution in [-0.2, 0) is 0 Å². The molecule has 0 bridgehead atoms. The molecule has 0 aliphatic rings. The van der Waals surface area contributed by atoms with Crippen LogP contribution in [0.2, 0.25) is 0 Å². The number of aryl methyl sites for hydroxylation is 1. The van der Waals surface area contributed by atoms with Crippen LogP contribution in [0.25, 0.3) is 10.8 Å². The van der Waals surface area contributed by atoms with Crippen molar-refractivity contribution in [1.29, 1.82) is 0 Å². The van der Waals surface area contributed by atoms with Crippen molar-refractivity contribution in [3.8, 4) is 17.2 Å². The van der Waals surface area contributed by atoms with Crippen LogP contribution in [0.5, 0.6) is 17.2 Å². The molecule has 0 saturated carbocycles. The van der Waals surface area contributed by atoms with Crippen molar-refractivity contribution in [2.24, 2.45) is 0 Å². The zero-order valence-corrected chi connectivity index (χ0v) is 17.2. The number of carbonyl (C=O) groups is 2. The summed E-state index contributed by atoms with van der Waals surface area (Å²) in [5.74, 6) is 0.413. The summed E-state index contributed by atoms with van der Waals surface area (Å²) in [7, 11) is 0. The molecular formula is C26H22O5. The molecule has 0 unspecified atom stereocenters. The minimum atomic E-state index is -0.441. The third kappa shape index (κ3) is 5.48. The molecule has 0 radical (unpaired) electrons. The number of ether oxygens (including phenoxy) is 1. The van der Waals surface area contributed by atoms with Crippen LogP contribution >= 0.6 is 0 Å². The van der Waals surface area contributed by atoms with Crippen LogP contribution < -0.4 is 4.74 Å². The monoisotopic (exact) mass is 414 g/mol. The van der Waals surface area contributed by atoms with Gasteiger partial charge >= 0.3 is 5.97 Å². The zero-order valence-electron chi connectivity index (χ0n) is 17.2. The largest absolute Gasteiger partial charge is 0.508 e. The number of Topliss-reactive ketones (excluding diaryl/α,β-unsaturated/α-hetero) is 1. The fourth-order valence-corrected chi connectivity index (χ4v) is 2.98. The molecule has 0 atom stereocenters. The van der Waals surface area contributed by atoms with E-state index in [1.807, 2.05) is 37.3 Å². The Morgan fingerprint density at radius 3 is 1.77 bits per heavy atom. The van der Waals surface area contributed by atoms with Crippen molar-refractivity contribution >= 4 is 22.5 Å². The van der Waals surface area contributed by atoms with Gasteiger partial charge in [-0.15, -0.1) is 0 Å². The van der Waals surface area contributed by atoms with Crippen LogP contribution in [0.15, 0.2) is 84.9 Å². The molecule has 31 heavy (non-hydrogen) atoms. The van der Waals surface area contributed by atoms with Gasteiger partial charge in [0, 0.05) is 10.9 Å². The van der Waals surface area contributed by atoms with Gasteiger partial charge in [0.25, 0.3) is 0 Å². The van der Waals surface area contributed by atoms with E-state index >= 15 is 0 Å². The van der Waals surface area contributed by atoms with Gasteiger partial charge in [0.1, 0.15) is 17.2 Å². The highest BCUT2D eigenvalue weighted by molar-refractivity contribution is 5.96. The summed E-state index contributed by atoms with van der Waals surface area (Å²) >= 11 is 0. The van der Waals surface area contributed by atoms with Crippen molar-refractivity contribution in [2.45, 2.75) is 13.8 Å². The van der Waals surface area contributed by atoms with Gasteiger partial charge in [0.2, 0.25) is 0 Å². The maximum Gasteiger partial charge on any atom is 0.343 e. The van der Waals surface area contributed by atoms with Crippen LogP contribution in [0.3, 0.4) is 0 Å². The summed E-state index contributed by atoms with van der Waals surface area (Å²) in [4.78, 5) is 22.8. The van der Waals surface area contributed by atoms with E-state index in [1.165, 1.54) is 43.3 Å². The van der Waals surface area contributed by atoms with E-state index in [9.17, 15) is 14.7 Å². The average molecular weight is 414 g/mol. The normalized spacial score (nSPS) is 10.1. The summed E-state index contributed by atoms with van der Waals surface area (Å²) in [5.41, 5.74) is 2.16. The van der Waals surface area contributed by atoms with E-state index in [1.54, 1.807) is 18.2 Å². The molecule has 0 heterocycles. The second-order valence-corrected chi connectivity index (χ2v) is 6.97. The predicted molar refractivity (Wildman–Crippen MR) is 120 cm³/mol. The Balaban J connectivity index is 0.000000229. The first-order chi connectivity index (χ1) is 14.8. The van der Waals surface area contributed by atoms with Crippen molar-refractivity contribution in [3.05, 3.63) is 102 Å². The Labute approximate surface area is 180 Å². The van der Waals surface area contributed by atoms with Gasteiger partial charge in [-0.1, -0.05) is 30.3 Å². The number of benzene rings is 4. The number of hydrogen-bond donors (Lipinski definition) is 2. The second kappa shape index (κ2) is 9.59. The smallest absolute Gasteiger partial charge is 0.343 e. The molecule has 4 aromatic rings. The van der Waals surface area contributed by atoms with Gasteiger partial charge in [-0.05, 0) is 79.4 Å². The molecule has 0 aliphatic carbocycles. The number of hydrogen-bond acceptors (Lipinski definition) is 5. The number of fused-ring (bicyclic) bond motifs is 1. The lowest BCUT2D eigenvalue weighted by Crippen LogP contribution is -2.08. The summed E-state index contributed by atoms with van der Waals surface area (Å²) in [6, 6.07) is 23.7. The molecule has 0 aliphatic heterocycles. The molecular weight excluding hydrogens is 392 g/mol. The Hall–Kier alpha value is -4.12. The number of ketones is 1. The van der Waals surface area contributed by atoms with Gasteiger partial charge in [-0.3, -0.25) is 4.79 Å². The number of esters is 1. The molecule has 5 nitrogen and oxygen atoms in total. The topological polar surface area (TPSA) is 83.8 Å². The predicted octanol–water partition coefficient (Wildman–Crippen LogP) is 5.67. The quantitative estimate of drug-likeness (QED) is 0.256. The second-order valence-electron chi connectivity index (χ2n) is 6.97. The van der Waals surface area contributed by atoms with Gasteiger partial charge in [-0.2, -0.15) is 0 Å². The van der Waals surface area contributed by atoms with E-state index in [-0.39, 0.29) is 17.3 Å². The Morgan fingerprint density at radius 1 is 0.677 bits per heavy atom. The van der Waals surface area contributed by atoms with E-state index in [4.69, 9.17) is 9.84 Å². The SMILES string of the molecule is CC(=O)c1ccc(O)cc1.Cc1cccc2c(OC(=O)c3ccc(O)cc3)cccc12. The summed E-state index contributed by atoms with van der Waals surface area (Å²) < 4.78 is 5.49. The number of carbonyl (C=O) groups excluding carboxylic acids is 2. The van der Waals surface area contributed by atoms with Gasteiger partial charge in [-0.25, -0.2) is 4.79 Å². The molecule has 156 valence electrons. The molecule has 4 aromatic carbocycles. The molecule has 0 amide bonds. The maximum absolute atomic E-state index is 12.2. The van der Waals surface area contributed by atoms with Crippen LogP contribution in [0, 0.1) is 6.92 Å². The molecule has 0 spiro atoms. The highest BCUT2D eigenvalue weighted by Gasteiger charge is 2.11. The van der Waals surface area contributed by atoms with Crippen LogP contribution in [0.4, 0.5) is 0 Å². The van der Waals surface area contributed by atoms with E-state index in [2.05, 4.69) is 0 Å². The first kappa shape index (κ1) is 21.6. The fourth-order valence-electron chi connectivity index (χ4n) is 2.98. The first-order valence-corrected chi connectivity index (χ1v) is 9.64. The third-order valence-corrected chi connectivity index (χ3v) is 4.68. The third-order valence-electron chi connectivity index (χ3n) is 4.68. The molecule has 0 saturated heterocycles. The zero-order chi connectivity index (χ0) is 22.4. The fraction of sp³-hybridized carbons (Fsp3) is 0.0769. The van der Waals surface area contributed by atoms with E-state index < -0.39 is 5.97 Å². The van der Waals surface area contributed by atoms with Crippen LogP contribution in [0.1, 0.15) is 33.2 Å². The maximum atomic E-state index is 12.2. The van der Waals surface area contributed by atoms with Crippen molar-refractivity contribution in [1.82, 2.24) is 0 Å². The van der Waals surface area contributed by atoms with Crippen molar-refractivity contribution in [2.75, 3.05) is 0 Å². The molecule has 0 aromatic heterocycles. The Kier molecular flexibility index (Phi) is 6.67. The first-order valence-electron chi connectivity index (χ1n) is 9.64. The lowest BCUT2D eigenvalue weighted by molar-refractivity contribution is 0.0737. The van der Waals surface area contributed by atoms with Crippen LogP contribution in [-0.4, -0.2) is 22.0 Å². The Morgan fingerprint density at radius 2 is 1.19 bits per heavy atom. The average Bonchev–Trinajstić information content (AvgIpc) is 2.76. The van der Waals surface area contributed by atoms with Gasteiger partial charge in [0.05, 0.1) is 5.56 Å². The number of phenolic OH excluding ortho intramolecular Hbond substituents is 2. The minimum Gasteiger partial charge on any atom is -0.508 e. The number of phenols is 2. The van der Waals surface area contributed by atoms with E-state index in [0.29, 0.717) is 16.9 Å². The standard InChI is InChI=1S/C18H14O3.C8H8O2/c1-12-4-2-6-16-15(12)5-3-7-17(16)21-18(20)13-8-10-14(19)11-9-13;1-6(9)7-2-4-8(10)5-3-7/h2-11,19H,1H3;2-5,10H,1H3. The number of aromatic hydroxyl groups is 2. The summed E-state index contributed by atoms with van der Waals surface area (Å²) in [5, 5.41) is 20.0. The highest BCUT2D eigenvalue weighted by Crippen LogP contribution is 2.28. The van der Waals surface area contributed by atoms with Crippen molar-refractivity contribution < 1.29 is 24.5 Å². The molecule has 4 rings (SSSR count). The van der Waals surface area contributed by atoms with E-state index in [0.717, 1.165) is 16.3 Å². The van der Waals surface area contributed by atoms with Crippen molar-refractivity contribution in [3.63, 3.8) is 0 Å². The Bertz CT molecular complexity index is 1210. The van der Waals surface area contributed by atoms with Gasteiger partial charge < -0.3 is 14.9 Å². The summed E-state index contributed by atoms with van der Waals surface area (Å²) in [6.07, 6.45) is 0. The molecule has 5 heteroatoms. The minimum absolute atomic E-state index is 0.0139. The van der Waals surface area contributed by atoms with Gasteiger partial charge in [0.15, 0.2) is 5.78 Å². The summed E-state index contributed by atoms with van der Waals surface area (Å²) in [6.45, 7) is 3.51.